The van der Waals surface area contributed by atoms with Crippen LogP contribution in [0.2, 0.25) is 0 Å². The molecule has 0 aliphatic carbocycles. The zero-order chi connectivity index (χ0) is 15.1. The molecule has 1 atom stereocenters. The van der Waals surface area contributed by atoms with Crippen molar-refractivity contribution in [1.82, 2.24) is 0 Å². The van der Waals surface area contributed by atoms with Crippen LogP contribution < -0.4 is 10.1 Å². The fourth-order valence-electron chi connectivity index (χ4n) is 2.22. The molecule has 0 bridgehead atoms. The highest BCUT2D eigenvalue weighted by molar-refractivity contribution is 9.10. The summed E-state index contributed by atoms with van der Waals surface area (Å²) in [5.41, 5.74) is 2.33. The van der Waals surface area contributed by atoms with Crippen molar-refractivity contribution in [2.45, 2.75) is 52.7 Å². The van der Waals surface area contributed by atoms with Gasteiger partial charge in [-0.15, -0.1) is 0 Å². The lowest BCUT2D eigenvalue weighted by Gasteiger charge is -2.21. The number of fused-ring (bicyclic) bond motifs is 1. The standard InChI is InChI=1S/C15H20BrNO3/c1-8-6-10-7-9(2)19-13(10)11(16)12(8)17-14(18)20-15(3,4)5/h6,9H,7H2,1-5H3,(H,17,18)/t9-/m1/s1. The average Bonchev–Trinajstić information content (AvgIpc) is 2.62. The Morgan fingerprint density at radius 3 is 2.75 bits per heavy atom. The molecule has 1 N–H and O–H groups in total. The van der Waals surface area contributed by atoms with Gasteiger partial charge in [0.2, 0.25) is 0 Å². The Balaban J connectivity index is 2.26. The summed E-state index contributed by atoms with van der Waals surface area (Å²) < 4.78 is 11.8. The first-order valence-electron chi connectivity index (χ1n) is 6.66. The van der Waals surface area contributed by atoms with E-state index in [1.807, 2.05) is 34.6 Å². The van der Waals surface area contributed by atoms with E-state index < -0.39 is 11.7 Å². The molecule has 0 saturated carbocycles. The smallest absolute Gasteiger partial charge is 0.412 e. The number of ether oxygens (including phenoxy) is 2. The van der Waals surface area contributed by atoms with Gasteiger partial charge in [0.05, 0.1) is 10.2 Å². The number of nitrogens with one attached hydrogen (secondary N) is 1. The SMILES string of the molecule is Cc1cc2c(c(Br)c1NC(=O)OC(C)(C)C)O[C@H](C)C2. The molecule has 0 radical (unpaired) electrons. The molecule has 0 aromatic heterocycles. The van der Waals surface area contributed by atoms with Crippen LogP contribution in [-0.4, -0.2) is 17.8 Å². The van der Waals surface area contributed by atoms with E-state index in [1.165, 1.54) is 0 Å². The highest BCUT2D eigenvalue weighted by Crippen LogP contribution is 2.42. The Morgan fingerprint density at radius 1 is 1.50 bits per heavy atom. The van der Waals surface area contributed by atoms with Crippen LogP contribution in [0, 0.1) is 6.92 Å². The van der Waals surface area contributed by atoms with Gasteiger partial charge in [-0.1, -0.05) is 6.07 Å². The van der Waals surface area contributed by atoms with Gasteiger partial charge in [-0.3, -0.25) is 5.32 Å². The lowest BCUT2D eigenvalue weighted by Crippen LogP contribution is -2.27. The van der Waals surface area contributed by atoms with Gasteiger partial charge in [0.1, 0.15) is 17.5 Å². The predicted molar refractivity (Wildman–Crippen MR) is 82.5 cm³/mol. The Hall–Kier alpha value is -1.23. The number of aryl methyl sites for hydroxylation is 1. The van der Waals surface area contributed by atoms with Gasteiger partial charge < -0.3 is 9.47 Å². The molecule has 0 fully saturated rings. The first-order chi connectivity index (χ1) is 9.17. The van der Waals surface area contributed by atoms with Crippen molar-refractivity contribution >= 4 is 27.7 Å². The molecule has 0 unspecified atom stereocenters. The first-order valence-corrected chi connectivity index (χ1v) is 7.45. The molecule has 1 aliphatic rings. The zero-order valence-corrected chi connectivity index (χ0v) is 14.1. The number of hydrogen-bond donors (Lipinski definition) is 1. The zero-order valence-electron chi connectivity index (χ0n) is 12.5. The summed E-state index contributed by atoms with van der Waals surface area (Å²) in [6.45, 7) is 9.50. The molecule has 1 aromatic carbocycles. The van der Waals surface area contributed by atoms with Crippen LogP contribution in [0.15, 0.2) is 10.5 Å². The van der Waals surface area contributed by atoms with E-state index in [-0.39, 0.29) is 6.10 Å². The second-order valence-corrected chi connectivity index (χ2v) is 6.92. The fourth-order valence-corrected chi connectivity index (χ4v) is 2.98. The number of benzene rings is 1. The van der Waals surface area contributed by atoms with Gasteiger partial charge >= 0.3 is 6.09 Å². The minimum Gasteiger partial charge on any atom is -0.489 e. The summed E-state index contributed by atoms with van der Waals surface area (Å²) in [6.07, 6.45) is 0.589. The van der Waals surface area contributed by atoms with E-state index in [0.29, 0.717) is 5.69 Å². The third kappa shape index (κ3) is 3.26. The van der Waals surface area contributed by atoms with E-state index >= 15 is 0 Å². The molecular formula is C15H20BrNO3. The van der Waals surface area contributed by atoms with Gasteiger partial charge in [0, 0.05) is 6.42 Å². The van der Waals surface area contributed by atoms with Crippen LogP contribution in [0.5, 0.6) is 5.75 Å². The summed E-state index contributed by atoms with van der Waals surface area (Å²) in [4.78, 5) is 11.9. The lowest BCUT2D eigenvalue weighted by atomic mass is 10.1. The first kappa shape index (κ1) is 15.2. The van der Waals surface area contributed by atoms with Crippen molar-refractivity contribution in [3.63, 3.8) is 0 Å². The topological polar surface area (TPSA) is 47.6 Å². The van der Waals surface area contributed by atoms with Crippen molar-refractivity contribution in [3.05, 3.63) is 21.7 Å². The normalized spacial score (nSPS) is 17.4. The van der Waals surface area contributed by atoms with Crippen molar-refractivity contribution in [3.8, 4) is 5.75 Å². The van der Waals surface area contributed by atoms with Crippen molar-refractivity contribution in [1.29, 1.82) is 0 Å². The summed E-state index contributed by atoms with van der Waals surface area (Å²) in [6, 6.07) is 2.05. The van der Waals surface area contributed by atoms with E-state index in [2.05, 4.69) is 27.3 Å². The molecule has 5 heteroatoms. The number of rotatable bonds is 1. The van der Waals surface area contributed by atoms with Gasteiger partial charge in [0.15, 0.2) is 0 Å². The molecule has 1 aliphatic heterocycles. The maximum absolute atomic E-state index is 11.9. The largest absolute Gasteiger partial charge is 0.489 e. The van der Waals surface area contributed by atoms with Crippen LogP contribution in [0.3, 0.4) is 0 Å². The molecule has 1 aromatic rings. The molecule has 20 heavy (non-hydrogen) atoms. The third-order valence-electron chi connectivity index (χ3n) is 2.95. The molecule has 2 rings (SSSR count). The van der Waals surface area contributed by atoms with Crippen molar-refractivity contribution in [2.24, 2.45) is 0 Å². The molecule has 1 amide bonds. The molecule has 4 nitrogen and oxygen atoms in total. The predicted octanol–water partition coefficient (Wildman–Crippen LogP) is 4.43. The number of hydrogen-bond acceptors (Lipinski definition) is 3. The Bertz CT molecular complexity index is 549. The number of anilines is 1. The number of halogens is 1. The minimum absolute atomic E-state index is 0.164. The molecule has 0 saturated heterocycles. The van der Waals surface area contributed by atoms with E-state index in [9.17, 15) is 4.79 Å². The van der Waals surface area contributed by atoms with Crippen LogP contribution in [0.1, 0.15) is 38.8 Å². The maximum Gasteiger partial charge on any atom is 0.412 e. The summed E-state index contributed by atoms with van der Waals surface area (Å²) in [5, 5.41) is 2.79. The third-order valence-corrected chi connectivity index (χ3v) is 3.70. The average molecular weight is 342 g/mol. The second kappa shape index (κ2) is 5.28. The van der Waals surface area contributed by atoms with Crippen LogP contribution >= 0.6 is 15.9 Å². The highest BCUT2D eigenvalue weighted by Gasteiger charge is 2.26. The number of amides is 1. The Kier molecular flexibility index (Phi) is 4.00. The molecule has 0 spiro atoms. The molecule has 110 valence electrons. The monoisotopic (exact) mass is 341 g/mol. The summed E-state index contributed by atoms with van der Waals surface area (Å²) in [5.74, 6) is 0.814. The maximum atomic E-state index is 11.9. The van der Waals surface area contributed by atoms with Gasteiger partial charge in [-0.2, -0.15) is 0 Å². The van der Waals surface area contributed by atoms with Crippen molar-refractivity contribution < 1.29 is 14.3 Å². The van der Waals surface area contributed by atoms with E-state index in [0.717, 1.165) is 27.8 Å². The van der Waals surface area contributed by atoms with E-state index in [1.54, 1.807) is 0 Å². The Labute approximate surface area is 128 Å². The lowest BCUT2D eigenvalue weighted by molar-refractivity contribution is 0.0635. The molecule has 1 heterocycles. The van der Waals surface area contributed by atoms with Crippen LogP contribution in [0.25, 0.3) is 0 Å². The van der Waals surface area contributed by atoms with Crippen LogP contribution in [-0.2, 0) is 11.2 Å². The number of carbonyl (C=O) groups excluding carboxylic acids is 1. The molecular weight excluding hydrogens is 322 g/mol. The Morgan fingerprint density at radius 2 is 2.15 bits per heavy atom. The van der Waals surface area contributed by atoms with Crippen LogP contribution in [0.4, 0.5) is 10.5 Å². The fraction of sp³-hybridized carbons (Fsp3) is 0.533. The summed E-state index contributed by atoms with van der Waals surface area (Å²) >= 11 is 3.52. The quantitative estimate of drug-likeness (QED) is 0.821. The second-order valence-electron chi connectivity index (χ2n) is 6.13. The highest BCUT2D eigenvalue weighted by atomic mass is 79.9. The van der Waals surface area contributed by atoms with Gasteiger partial charge in [-0.25, -0.2) is 4.79 Å². The van der Waals surface area contributed by atoms with Gasteiger partial charge in [0.25, 0.3) is 0 Å². The van der Waals surface area contributed by atoms with E-state index in [4.69, 9.17) is 9.47 Å². The summed E-state index contributed by atoms with van der Waals surface area (Å²) in [7, 11) is 0. The number of carbonyl (C=O) groups is 1. The minimum atomic E-state index is -0.522. The van der Waals surface area contributed by atoms with Gasteiger partial charge in [-0.05, 0) is 61.7 Å². The van der Waals surface area contributed by atoms with Crippen molar-refractivity contribution in [2.75, 3.05) is 5.32 Å².